The number of thiophene rings is 1. The van der Waals surface area contributed by atoms with Crippen molar-refractivity contribution in [1.29, 1.82) is 0 Å². The maximum absolute atomic E-state index is 3.16. The quantitative estimate of drug-likeness (QED) is 0.756. The molecular formula is C10H15NS. The first-order chi connectivity index (χ1) is 5.72. The van der Waals surface area contributed by atoms with Crippen molar-refractivity contribution in [2.45, 2.75) is 19.9 Å². The second-order valence-corrected chi connectivity index (χ2v) is 4.04. The second kappa shape index (κ2) is 4.43. The Labute approximate surface area is 78.1 Å². The maximum Gasteiger partial charge on any atom is 0.0221 e. The average molecular weight is 181 g/mol. The normalized spacial score (nSPS) is 13.9. The zero-order chi connectivity index (χ0) is 8.97. The standard InChI is InChI=1S/C10H15NS/c1-8(11-3)4-5-10-6-9(2)12-7-10/h4-8,11H,1-3H3/b5-4+. The Morgan fingerprint density at radius 3 is 2.83 bits per heavy atom. The third-order valence-corrected chi connectivity index (χ3v) is 2.66. The summed E-state index contributed by atoms with van der Waals surface area (Å²) in [5, 5.41) is 5.33. The molecule has 0 bridgehead atoms. The first kappa shape index (κ1) is 9.49. The third-order valence-electron chi connectivity index (χ3n) is 1.78. The predicted octanol–water partition coefficient (Wildman–Crippen LogP) is 2.68. The van der Waals surface area contributed by atoms with Gasteiger partial charge in [-0.15, -0.1) is 11.3 Å². The summed E-state index contributed by atoms with van der Waals surface area (Å²) in [7, 11) is 1.97. The summed E-state index contributed by atoms with van der Waals surface area (Å²) in [5.41, 5.74) is 1.31. The largest absolute Gasteiger partial charge is 0.314 e. The van der Waals surface area contributed by atoms with E-state index in [0.717, 1.165) is 0 Å². The molecule has 1 unspecified atom stereocenters. The van der Waals surface area contributed by atoms with Crippen molar-refractivity contribution < 1.29 is 0 Å². The Morgan fingerprint density at radius 2 is 2.33 bits per heavy atom. The highest BCUT2D eigenvalue weighted by Crippen LogP contribution is 2.14. The van der Waals surface area contributed by atoms with Gasteiger partial charge < -0.3 is 5.32 Å². The van der Waals surface area contributed by atoms with Crippen LogP contribution in [0.2, 0.25) is 0 Å². The number of rotatable bonds is 3. The Kier molecular flexibility index (Phi) is 3.50. The van der Waals surface area contributed by atoms with Crippen LogP contribution in [0, 0.1) is 6.92 Å². The molecule has 1 heterocycles. The van der Waals surface area contributed by atoms with Gasteiger partial charge in [0.05, 0.1) is 0 Å². The van der Waals surface area contributed by atoms with Crippen molar-refractivity contribution in [3.05, 3.63) is 28.0 Å². The summed E-state index contributed by atoms with van der Waals surface area (Å²) in [4.78, 5) is 1.37. The first-order valence-corrected chi connectivity index (χ1v) is 5.01. The molecule has 0 aliphatic carbocycles. The Hall–Kier alpha value is -0.600. The van der Waals surface area contributed by atoms with Crippen molar-refractivity contribution in [2.24, 2.45) is 0 Å². The third kappa shape index (κ3) is 2.80. The van der Waals surface area contributed by atoms with Crippen molar-refractivity contribution in [3.63, 3.8) is 0 Å². The van der Waals surface area contributed by atoms with Gasteiger partial charge in [0.2, 0.25) is 0 Å². The van der Waals surface area contributed by atoms with Crippen LogP contribution in [0.1, 0.15) is 17.4 Å². The molecule has 0 fully saturated rings. The van der Waals surface area contributed by atoms with E-state index in [1.807, 2.05) is 7.05 Å². The van der Waals surface area contributed by atoms with Crippen molar-refractivity contribution in [1.82, 2.24) is 5.32 Å². The van der Waals surface area contributed by atoms with Gasteiger partial charge in [-0.2, -0.15) is 0 Å². The predicted molar refractivity (Wildman–Crippen MR) is 56.6 cm³/mol. The van der Waals surface area contributed by atoms with E-state index in [-0.39, 0.29) is 0 Å². The Morgan fingerprint density at radius 1 is 1.58 bits per heavy atom. The van der Waals surface area contributed by atoms with Gasteiger partial charge in [0.15, 0.2) is 0 Å². The van der Waals surface area contributed by atoms with Crippen LogP contribution in [0.3, 0.4) is 0 Å². The number of nitrogens with one attached hydrogen (secondary N) is 1. The van der Waals surface area contributed by atoms with Crippen molar-refractivity contribution in [3.8, 4) is 0 Å². The van der Waals surface area contributed by atoms with Crippen molar-refractivity contribution in [2.75, 3.05) is 7.05 Å². The number of aryl methyl sites for hydroxylation is 1. The fourth-order valence-electron chi connectivity index (χ4n) is 0.903. The van der Waals surface area contributed by atoms with Crippen LogP contribution in [0.4, 0.5) is 0 Å². The monoisotopic (exact) mass is 181 g/mol. The van der Waals surface area contributed by atoms with E-state index in [2.05, 4.69) is 42.8 Å². The van der Waals surface area contributed by atoms with E-state index in [4.69, 9.17) is 0 Å². The topological polar surface area (TPSA) is 12.0 Å². The van der Waals surface area contributed by atoms with Gasteiger partial charge in [0, 0.05) is 10.9 Å². The van der Waals surface area contributed by atoms with Gasteiger partial charge in [-0.1, -0.05) is 12.2 Å². The molecule has 2 heteroatoms. The SMILES string of the molecule is CNC(C)/C=C/c1csc(C)c1. The number of hydrogen-bond donors (Lipinski definition) is 1. The smallest absolute Gasteiger partial charge is 0.0221 e. The molecule has 0 aromatic carbocycles. The van der Waals surface area contributed by atoms with Crippen LogP contribution in [-0.2, 0) is 0 Å². The highest BCUT2D eigenvalue weighted by atomic mass is 32.1. The van der Waals surface area contributed by atoms with Crippen LogP contribution >= 0.6 is 11.3 Å². The highest BCUT2D eigenvalue weighted by Gasteiger charge is 1.92. The summed E-state index contributed by atoms with van der Waals surface area (Å²) in [6.07, 6.45) is 4.33. The Balaban J connectivity index is 2.57. The van der Waals surface area contributed by atoms with Gasteiger partial charge in [-0.25, -0.2) is 0 Å². The molecule has 0 aliphatic rings. The van der Waals surface area contributed by atoms with Crippen molar-refractivity contribution >= 4 is 17.4 Å². The van der Waals surface area contributed by atoms with Crippen LogP contribution in [0.5, 0.6) is 0 Å². The Bertz CT molecular complexity index is 263. The van der Waals surface area contributed by atoms with E-state index in [1.54, 1.807) is 11.3 Å². The van der Waals surface area contributed by atoms with Crippen LogP contribution in [0.25, 0.3) is 6.08 Å². The molecular weight excluding hydrogens is 166 g/mol. The molecule has 1 aromatic rings. The minimum atomic E-state index is 0.449. The van der Waals surface area contributed by atoms with Gasteiger partial charge >= 0.3 is 0 Å². The summed E-state index contributed by atoms with van der Waals surface area (Å²) < 4.78 is 0. The molecule has 0 saturated carbocycles. The zero-order valence-corrected chi connectivity index (χ0v) is 8.61. The van der Waals surface area contributed by atoms with Gasteiger partial charge in [-0.05, 0) is 37.9 Å². The lowest BCUT2D eigenvalue weighted by Crippen LogP contribution is -2.17. The second-order valence-electron chi connectivity index (χ2n) is 2.93. The lowest BCUT2D eigenvalue weighted by molar-refractivity contribution is 0.731. The summed E-state index contributed by atoms with van der Waals surface area (Å²) in [5.74, 6) is 0. The fraction of sp³-hybridized carbons (Fsp3) is 0.400. The van der Waals surface area contributed by atoms with Crippen LogP contribution in [0.15, 0.2) is 17.5 Å². The lowest BCUT2D eigenvalue weighted by atomic mass is 10.2. The average Bonchev–Trinajstić information content (AvgIpc) is 2.47. The summed E-state index contributed by atoms with van der Waals surface area (Å²) in [6, 6.07) is 2.65. The van der Waals surface area contributed by atoms with Gasteiger partial charge in [-0.3, -0.25) is 0 Å². The molecule has 0 aliphatic heterocycles. The summed E-state index contributed by atoms with van der Waals surface area (Å²) >= 11 is 1.79. The highest BCUT2D eigenvalue weighted by molar-refractivity contribution is 7.10. The number of hydrogen-bond acceptors (Lipinski definition) is 2. The molecule has 1 N–H and O–H groups in total. The van der Waals surface area contributed by atoms with E-state index in [0.29, 0.717) is 6.04 Å². The minimum Gasteiger partial charge on any atom is -0.314 e. The van der Waals surface area contributed by atoms with E-state index >= 15 is 0 Å². The molecule has 66 valence electrons. The van der Waals surface area contributed by atoms with E-state index in [1.165, 1.54) is 10.4 Å². The maximum atomic E-state index is 3.16. The number of likely N-dealkylation sites (N-methyl/N-ethyl adjacent to an activating group) is 1. The minimum absolute atomic E-state index is 0.449. The van der Waals surface area contributed by atoms with Gasteiger partial charge in [0.25, 0.3) is 0 Å². The van der Waals surface area contributed by atoms with E-state index < -0.39 is 0 Å². The van der Waals surface area contributed by atoms with E-state index in [9.17, 15) is 0 Å². The molecule has 1 rings (SSSR count). The molecule has 0 saturated heterocycles. The molecule has 1 aromatic heterocycles. The van der Waals surface area contributed by atoms with Gasteiger partial charge in [0.1, 0.15) is 0 Å². The lowest BCUT2D eigenvalue weighted by Gasteiger charge is -2.00. The van der Waals surface area contributed by atoms with Crippen LogP contribution in [-0.4, -0.2) is 13.1 Å². The fourth-order valence-corrected chi connectivity index (χ4v) is 1.58. The zero-order valence-electron chi connectivity index (χ0n) is 7.79. The molecule has 0 amide bonds. The molecule has 0 spiro atoms. The summed E-state index contributed by atoms with van der Waals surface area (Å²) in [6.45, 7) is 4.26. The van der Waals surface area contributed by atoms with Crippen LogP contribution < -0.4 is 5.32 Å². The molecule has 12 heavy (non-hydrogen) atoms. The molecule has 0 radical (unpaired) electrons. The molecule has 1 atom stereocenters. The molecule has 1 nitrogen and oxygen atoms in total. The first-order valence-electron chi connectivity index (χ1n) is 4.13.